The third kappa shape index (κ3) is 3.53. The number of rotatable bonds is 4. The van der Waals surface area contributed by atoms with Crippen molar-refractivity contribution in [1.29, 1.82) is 0 Å². The van der Waals surface area contributed by atoms with Crippen molar-refractivity contribution in [3.05, 3.63) is 30.1 Å². The molecule has 0 aliphatic carbocycles. The van der Waals surface area contributed by atoms with Crippen LogP contribution in [0.4, 0.5) is 0 Å². The molecule has 1 saturated heterocycles. The van der Waals surface area contributed by atoms with E-state index in [-0.39, 0.29) is 11.9 Å². The molecule has 0 saturated carbocycles. The average Bonchev–Trinajstić information content (AvgIpc) is 2.40. The van der Waals surface area contributed by atoms with Crippen molar-refractivity contribution in [3.8, 4) is 0 Å². The first-order chi connectivity index (χ1) is 8.79. The highest BCUT2D eigenvalue weighted by Crippen LogP contribution is 2.19. The topological polar surface area (TPSA) is 42.4 Å². The van der Waals surface area contributed by atoms with Crippen LogP contribution in [-0.2, 0) is 16.1 Å². The van der Waals surface area contributed by atoms with Crippen molar-refractivity contribution in [2.75, 3.05) is 19.7 Å². The first kappa shape index (κ1) is 13.0. The number of piperidine rings is 1. The molecule has 2 heterocycles. The summed E-state index contributed by atoms with van der Waals surface area (Å²) in [5, 5.41) is 0. The molecular weight excluding hydrogens is 228 g/mol. The first-order valence-corrected chi connectivity index (χ1v) is 6.57. The number of aromatic nitrogens is 1. The van der Waals surface area contributed by atoms with Gasteiger partial charge in [-0.05, 0) is 37.9 Å². The highest BCUT2D eigenvalue weighted by Gasteiger charge is 2.26. The Balaban J connectivity index is 1.89. The van der Waals surface area contributed by atoms with Gasteiger partial charge < -0.3 is 4.74 Å². The van der Waals surface area contributed by atoms with Crippen molar-refractivity contribution in [2.45, 2.75) is 26.3 Å². The fourth-order valence-electron chi connectivity index (χ4n) is 2.40. The summed E-state index contributed by atoms with van der Waals surface area (Å²) in [6, 6.07) is 4.02. The van der Waals surface area contributed by atoms with Crippen LogP contribution < -0.4 is 0 Å². The molecule has 1 aromatic rings. The SMILES string of the molecule is CCOC(=O)C1CCCN(Cc2cccnc2)C1. The second-order valence-electron chi connectivity index (χ2n) is 4.69. The van der Waals surface area contributed by atoms with E-state index in [1.54, 1.807) is 6.20 Å². The van der Waals surface area contributed by atoms with Crippen molar-refractivity contribution in [1.82, 2.24) is 9.88 Å². The van der Waals surface area contributed by atoms with Gasteiger partial charge in [-0.1, -0.05) is 6.07 Å². The maximum absolute atomic E-state index is 11.7. The van der Waals surface area contributed by atoms with E-state index in [2.05, 4.69) is 16.0 Å². The van der Waals surface area contributed by atoms with Gasteiger partial charge in [0.2, 0.25) is 0 Å². The van der Waals surface area contributed by atoms with E-state index in [9.17, 15) is 4.79 Å². The lowest BCUT2D eigenvalue weighted by Crippen LogP contribution is -2.38. The van der Waals surface area contributed by atoms with Gasteiger partial charge in [-0.3, -0.25) is 14.7 Å². The predicted octanol–water partition coefficient (Wildman–Crippen LogP) is 1.86. The van der Waals surface area contributed by atoms with Gasteiger partial charge in [0, 0.05) is 25.5 Å². The highest BCUT2D eigenvalue weighted by molar-refractivity contribution is 5.72. The molecule has 0 N–H and O–H groups in total. The van der Waals surface area contributed by atoms with Gasteiger partial charge in [-0.2, -0.15) is 0 Å². The molecule has 0 amide bonds. The van der Waals surface area contributed by atoms with E-state index < -0.39 is 0 Å². The van der Waals surface area contributed by atoms with Crippen LogP contribution >= 0.6 is 0 Å². The molecule has 0 aromatic carbocycles. The zero-order valence-corrected chi connectivity index (χ0v) is 10.8. The Hall–Kier alpha value is -1.42. The third-order valence-corrected chi connectivity index (χ3v) is 3.25. The molecule has 2 rings (SSSR count). The Labute approximate surface area is 108 Å². The van der Waals surface area contributed by atoms with Crippen LogP contribution in [0.1, 0.15) is 25.3 Å². The summed E-state index contributed by atoms with van der Waals surface area (Å²) in [5.74, 6) is -0.0104. The quantitative estimate of drug-likeness (QED) is 0.763. The van der Waals surface area contributed by atoms with Crippen molar-refractivity contribution in [3.63, 3.8) is 0 Å². The molecule has 98 valence electrons. The van der Waals surface area contributed by atoms with Gasteiger partial charge >= 0.3 is 5.97 Å². The number of hydrogen-bond acceptors (Lipinski definition) is 4. The van der Waals surface area contributed by atoms with Gasteiger partial charge in [0.25, 0.3) is 0 Å². The molecule has 0 bridgehead atoms. The minimum Gasteiger partial charge on any atom is -0.466 e. The normalized spacial score (nSPS) is 20.6. The molecule has 1 aliphatic rings. The molecule has 1 atom stereocenters. The monoisotopic (exact) mass is 248 g/mol. The van der Waals surface area contributed by atoms with Crippen LogP contribution in [0.3, 0.4) is 0 Å². The molecule has 4 heteroatoms. The molecule has 1 fully saturated rings. The Morgan fingerprint density at radius 3 is 3.22 bits per heavy atom. The van der Waals surface area contributed by atoms with Crippen LogP contribution in [0, 0.1) is 5.92 Å². The number of carbonyl (C=O) groups excluding carboxylic acids is 1. The lowest BCUT2D eigenvalue weighted by atomic mass is 9.98. The Morgan fingerprint density at radius 1 is 1.61 bits per heavy atom. The zero-order valence-electron chi connectivity index (χ0n) is 10.8. The molecule has 0 radical (unpaired) electrons. The van der Waals surface area contributed by atoms with E-state index in [0.717, 1.165) is 32.5 Å². The fourth-order valence-corrected chi connectivity index (χ4v) is 2.40. The molecule has 0 spiro atoms. The summed E-state index contributed by atoms with van der Waals surface area (Å²) in [7, 11) is 0. The van der Waals surface area contributed by atoms with Crippen molar-refractivity contribution >= 4 is 5.97 Å². The summed E-state index contributed by atoms with van der Waals surface area (Å²) >= 11 is 0. The van der Waals surface area contributed by atoms with Crippen molar-refractivity contribution < 1.29 is 9.53 Å². The number of ether oxygens (including phenoxy) is 1. The van der Waals surface area contributed by atoms with E-state index in [1.807, 2.05) is 19.2 Å². The van der Waals surface area contributed by atoms with E-state index >= 15 is 0 Å². The van der Waals surface area contributed by atoms with Gasteiger partial charge in [-0.25, -0.2) is 0 Å². The fraction of sp³-hybridized carbons (Fsp3) is 0.571. The summed E-state index contributed by atoms with van der Waals surface area (Å²) < 4.78 is 5.10. The number of likely N-dealkylation sites (tertiary alicyclic amines) is 1. The average molecular weight is 248 g/mol. The second-order valence-corrected chi connectivity index (χ2v) is 4.69. The summed E-state index contributed by atoms with van der Waals surface area (Å²) in [6.07, 6.45) is 5.67. The van der Waals surface area contributed by atoms with E-state index in [0.29, 0.717) is 6.61 Å². The molecule has 1 aromatic heterocycles. The minimum absolute atomic E-state index is 0.0374. The smallest absolute Gasteiger partial charge is 0.310 e. The highest BCUT2D eigenvalue weighted by atomic mass is 16.5. The Kier molecular flexibility index (Phi) is 4.70. The van der Waals surface area contributed by atoms with E-state index in [1.165, 1.54) is 5.56 Å². The van der Waals surface area contributed by atoms with Crippen LogP contribution in [0.15, 0.2) is 24.5 Å². The van der Waals surface area contributed by atoms with Gasteiger partial charge in [0.05, 0.1) is 12.5 Å². The standard InChI is InChI=1S/C14H20N2O2/c1-2-18-14(17)13-6-4-8-16(11-13)10-12-5-3-7-15-9-12/h3,5,7,9,13H,2,4,6,8,10-11H2,1H3. The van der Waals surface area contributed by atoms with Gasteiger partial charge in [0.15, 0.2) is 0 Å². The summed E-state index contributed by atoms with van der Waals surface area (Å²) in [5.41, 5.74) is 1.20. The number of carbonyl (C=O) groups is 1. The minimum atomic E-state index is -0.0478. The number of pyridine rings is 1. The lowest BCUT2D eigenvalue weighted by molar-refractivity contribution is -0.150. The lowest BCUT2D eigenvalue weighted by Gasteiger charge is -2.31. The zero-order chi connectivity index (χ0) is 12.8. The van der Waals surface area contributed by atoms with Crippen molar-refractivity contribution in [2.24, 2.45) is 5.92 Å². The van der Waals surface area contributed by atoms with Crippen LogP contribution in [0.2, 0.25) is 0 Å². The molecule has 1 unspecified atom stereocenters. The number of esters is 1. The predicted molar refractivity (Wildman–Crippen MR) is 68.9 cm³/mol. The second kappa shape index (κ2) is 6.50. The largest absolute Gasteiger partial charge is 0.466 e. The van der Waals surface area contributed by atoms with Gasteiger partial charge in [-0.15, -0.1) is 0 Å². The number of nitrogens with zero attached hydrogens (tertiary/aromatic N) is 2. The third-order valence-electron chi connectivity index (χ3n) is 3.25. The summed E-state index contributed by atoms with van der Waals surface area (Å²) in [6.45, 7) is 5.04. The van der Waals surface area contributed by atoms with Crippen LogP contribution in [0.5, 0.6) is 0 Å². The molecular formula is C14H20N2O2. The van der Waals surface area contributed by atoms with Gasteiger partial charge in [0.1, 0.15) is 0 Å². The maximum Gasteiger partial charge on any atom is 0.310 e. The molecule has 18 heavy (non-hydrogen) atoms. The number of hydrogen-bond donors (Lipinski definition) is 0. The summed E-state index contributed by atoms with van der Waals surface area (Å²) in [4.78, 5) is 18.2. The van der Waals surface area contributed by atoms with E-state index in [4.69, 9.17) is 4.74 Å². The van der Waals surface area contributed by atoms with Crippen LogP contribution in [-0.4, -0.2) is 35.5 Å². The Bertz CT molecular complexity index is 381. The Morgan fingerprint density at radius 2 is 2.50 bits per heavy atom. The molecule has 4 nitrogen and oxygen atoms in total. The first-order valence-electron chi connectivity index (χ1n) is 6.57. The maximum atomic E-state index is 11.7. The van der Waals surface area contributed by atoms with Crippen LogP contribution in [0.25, 0.3) is 0 Å². The molecule has 1 aliphatic heterocycles.